The second-order valence-corrected chi connectivity index (χ2v) is 7.52. The maximum Gasteiger partial charge on any atom is 0.145 e. The number of fused-ring (bicyclic) bond motifs is 4. The van der Waals surface area contributed by atoms with Crippen molar-refractivity contribution in [3.8, 4) is 0 Å². The number of thiazole rings is 1. The van der Waals surface area contributed by atoms with Crippen LogP contribution in [0.1, 0.15) is 12.0 Å². The Hall–Kier alpha value is -2.17. The number of allylic oxidation sites excluding steroid dienone is 2. The molecule has 4 heteroatoms. The number of hydrogen-bond acceptors (Lipinski definition) is 3. The van der Waals surface area contributed by atoms with Crippen LogP contribution >= 0.6 is 11.3 Å². The van der Waals surface area contributed by atoms with Crippen LogP contribution in [0.2, 0.25) is 0 Å². The summed E-state index contributed by atoms with van der Waals surface area (Å²) in [5.41, 5.74) is 10.7. The van der Waals surface area contributed by atoms with Crippen LogP contribution in [0.15, 0.2) is 47.6 Å². The van der Waals surface area contributed by atoms with E-state index in [1.54, 1.807) is 21.8 Å². The number of benzene rings is 1. The van der Waals surface area contributed by atoms with E-state index < -0.39 is 0 Å². The summed E-state index contributed by atoms with van der Waals surface area (Å²) in [5.74, 6) is 0. The molecule has 1 aromatic carbocycles. The van der Waals surface area contributed by atoms with Crippen molar-refractivity contribution < 1.29 is 4.90 Å². The highest BCUT2D eigenvalue weighted by molar-refractivity contribution is 7.07. The Morgan fingerprint density at radius 3 is 3.17 bits per heavy atom. The van der Waals surface area contributed by atoms with Gasteiger partial charge in [-0.3, -0.25) is 4.90 Å². The minimum absolute atomic E-state index is 0.455. The maximum atomic E-state index is 4.74. The predicted octanol–water partition coefficient (Wildman–Crippen LogP) is 0.631. The van der Waals surface area contributed by atoms with E-state index in [-0.39, 0.29) is 0 Å². The second kappa shape index (κ2) is 4.02. The van der Waals surface area contributed by atoms with E-state index in [2.05, 4.69) is 48.5 Å². The summed E-state index contributed by atoms with van der Waals surface area (Å²) in [6.07, 6.45) is 5.67. The number of rotatable bonds is 0. The van der Waals surface area contributed by atoms with Gasteiger partial charge in [-0.25, -0.2) is 4.98 Å². The summed E-state index contributed by atoms with van der Waals surface area (Å²) in [6.45, 7) is 1.17. The van der Waals surface area contributed by atoms with E-state index >= 15 is 0 Å². The van der Waals surface area contributed by atoms with Crippen molar-refractivity contribution in [1.82, 2.24) is 9.88 Å². The average Bonchev–Trinajstić information content (AvgIpc) is 3.22. The van der Waals surface area contributed by atoms with Gasteiger partial charge in [-0.05, 0) is 18.2 Å². The van der Waals surface area contributed by atoms with Gasteiger partial charge in [0.05, 0.1) is 27.6 Å². The van der Waals surface area contributed by atoms with Crippen LogP contribution in [0.3, 0.4) is 0 Å². The molecule has 6 rings (SSSR count). The lowest BCUT2D eigenvalue weighted by atomic mass is 9.81. The molecule has 23 heavy (non-hydrogen) atoms. The van der Waals surface area contributed by atoms with E-state index in [0.717, 1.165) is 6.42 Å². The summed E-state index contributed by atoms with van der Waals surface area (Å²) < 4.78 is 1.36. The number of quaternary nitrogens is 1. The van der Waals surface area contributed by atoms with Crippen LogP contribution in [0.4, 0.5) is 5.69 Å². The number of likely N-dealkylation sites (N-methyl/N-ethyl adjacent to an activating group) is 1. The highest BCUT2D eigenvalue weighted by Gasteiger charge is 2.48. The Labute approximate surface area is 138 Å². The number of nitrogens with zero attached hydrogens (tertiary/aromatic N) is 2. The average molecular weight is 318 g/mol. The number of aromatic nitrogens is 1. The Balaban J connectivity index is 1.85. The van der Waals surface area contributed by atoms with E-state index in [0.29, 0.717) is 6.04 Å². The van der Waals surface area contributed by atoms with Crippen molar-refractivity contribution >= 4 is 33.9 Å². The van der Waals surface area contributed by atoms with Gasteiger partial charge in [0.15, 0.2) is 0 Å². The zero-order valence-electron chi connectivity index (χ0n) is 12.8. The summed E-state index contributed by atoms with van der Waals surface area (Å²) >= 11 is 1.78. The van der Waals surface area contributed by atoms with Crippen LogP contribution in [-0.2, 0) is 0 Å². The Kier molecular flexibility index (Phi) is 2.14. The standard InChI is InChI=1S/C19H15N3S/c1-21-8-6-12-11-4-2-3-5-14(11)22-9-7-13-16-19(23-10-20-16)18(21)15(12)17(13)22/h2-6,8,10,17H,7,9H2,1H3/p+1. The number of para-hydroxylation sites is 1. The molecule has 0 bridgehead atoms. The van der Waals surface area contributed by atoms with E-state index in [1.165, 1.54) is 44.5 Å². The molecule has 112 valence electrons. The van der Waals surface area contributed by atoms with Crippen LogP contribution in [-0.4, -0.2) is 29.5 Å². The Morgan fingerprint density at radius 2 is 2.22 bits per heavy atom. The van der Waals surface area contributed by atoms with Crippen molar-refractivity contribution in [3.63, 3.8) is 0 Å². The molecule has 1 fully saturated rings. The molecule has 2 unspecified atom stereocenters. The minimum Gasteiger partial charge on any atom is -0.349 e. The van der Waals surface area contributed by atoms with Crippen LogP contribution in [0, 0.1) is 0 Å². The van der Waals surface area contributed by atoms with Gasteiger partial charge >= 0.3 is 0 Å². The molecule has 2 atom stereocenters. The third kappa shape index (κ3) is 1.33. The summed E-state index contributed by atoms with van der Waals surface area (Å²) in [4.78, 5) is 8.63. The van der Waals surface area contributed by atoms with Crippen LogP contribution < -0.4 is 14.8 Å². The topological polar surface area (TPSA) is 20.6 Å². The van der Waals surface area contributed by atoms with Crippen molar-refractivity contribution in [2.24, 2.45) is 0 Å². The van der Waals surface area contributed by atoms with Crippen LogP contribution in [0.5, 0.6) is 0 Å². The molecule has 3 aliphatic heterocycles. The lowest BCUT2D eigenvalue weighted by molar-refractivity contribution is -0.835. The van der Waals surface area contributed by atoms with Gasteiger partial charge in [0, 0.05) is 42.0 Å². The first-order valence-electron chi connectivity index (χ1n) is 8.12. The molecule has 1 aliphatic carbocycles. The molecule has 2 aromatic rings. The van der Waals surface area contributed by atoms with Gasteiger partial charge in [-0.1, -0.05) is 12.1 Å². The molecule has 4 aliphatic rings. The molecule has 0 amide bonds. The largest absolute Gasteiger partial charge is 0.349 e. The first kappa shape index (κ1) is 12.3. The molecule has 1 aromatic heterocycles. The zero-order chi connectivity index (χ0) is 15.1. The molecule has 4 heterocycles. The zero-order valence-corrected chi connectivity index (χ0v) is 13.7. The van der Waals surface area contributed by atoms with Gasteiger partial charge in [-0.2, -0.15) is 0 Å². The SMILES string of the molecule is CN1C=CC2=C3C1=c1scnc1=C1CC[NH+](c4ccccc42)C31. The molecule has 1 saturated heterocycles. The maximum absolute atomic E-state index is 4.74. The predicted molar refractivity (Wildman–Crippen MR) is 92.3 cm³/mol. The molecule has 3 nitrogen and oxygen atoms in total. The first-order valence-corrected chi connectivity index (χ1v) is 9.00. The monoisotopic (exact) mass is 318 g/mol. The highest BCUT2D eigenvalue weighted by Crippen LogP contribution is 2.42. The summed E-state index contributed by atoms with van der Waals surface area (Å²) in [7, 11) is 2.17. The third-order valence-corrected chi connectivity index (χ3v) is 6.50. The van der Waals surface area contributed by atoms with Gasteiger partial charge in [0.1, 0.15) is 11.7 Å². The molecular weight excluding hydrogens is 302 g/mol. The van der Waals surface area contributed by atoms with E-state index in [9.17, 15) is 0 Å². The molecule has 0 saturated carbocycles. The molecular formula is C19H16N3S+. The molecule has 0 radical (unpaired) electrons. The van der Waals surface area contributed by atoms with Gasteiger partial charge in [0.2, 0.25) is 0 Å². The van der Waals surface area contributed by atoms with Crippen molar-refractivity contribution in [2.75, 3.05) is 13.6 Å². The fourth-order valence-corrected chi connectivity index (χ4v) is 5.71. The Morgan fingerprint density at radius 1 is 1.30 bits per heavy atom. The van der Waals surface area contributed by atoms with Crippen molar-refractivity contribution in [1.29, 1.82) is 0 Å². The first-order chi connectivity index (χ1) is 11.3. The van der Waals surface area contributed by atoms with Gasteiger partial charge in [-0.15, -0.1) is 11.3 Å². The fourth-order valence-electron chi connectivity index (χ4n) is 4.78. The highest BCUT2D eigenvalue weighted by atomic mass is 32.1. The number of nitrogens with one attached hydrogen (secondary N) is 1. The Bertz CT molecular complexity index is 1060. The lowest BCUT2D eigenvalue weighted by Crippen LogP contribution is -3.10. The number of hydrogen-bond donors (Lipinski definition) is 1. The minimum atomic E-state index is 0.455. The summed E-state index contributed by atoms with van der Waals surface area (Å²) in [6, 6.07) is 9.39. The fraction of sp³-hybridized carbons (Fsp3) is 0.211. The van der Waals surface area contributed by atoms with Crippen LogP contribution in [0.25, 0.3) is 16.8 Å². The van der Waals surface area contributed by atoms with Crippen molar-refractivity contribution in [3.05, 3.63) is 63.1 Å². The van der Waals surface area contributed by atoms with E-state index in [4.69, 9.17) is 4.98 Å². The second-order valence-electron chi connectivity index (χ2n) is 6.66. The van der Waals surface area contributed by atoms with Gasteiger partial charge < -0.3 is 4.90 Å². The van der Waals surface area contributed by atoms with Crippen molar-refractivity contribution in [2.45, 2.75) is 12.5 Å². The summed E-state index contributed by atoms with van der Waals surface area (Å²) in [5, 5.41) is 1.26. The quantitative estimate of drug-likeness (QED) is 0.769. The third-order valence-electron chi connectivity index (χ3n) is 5.66. The molecule has 0 spiro atoms. The molecule has 1 N–H and O–H groups in total. The smallest absolute Gasteiger partial charge is 0.145 e. The lowest BCUT2D eigenvalue weighted by Gasteiger charge is -2.38. The van der Waals surface area contributed by atoms with Gasteiger partial charge in [0.25, 0.3) is 0 Å². The normalized spacial score (nSPS) is 26.4. The van der Waals surface area contributed by atoms with E-state index in [1.807, 2.05) is 5.51 Å².